The lowest BCUT2D eigenvalue weighted by Crippen LogP contribution is -2.47. The molecule has 162 valence electrons. The van der Waals surface area contributed by atoms with Crippen LogP contribution in [-0.4, -0.2) is 74.3 Å². The fourth-order valence-corrected chi connectivity index (χ4v) is 3.76. The molecule has 29 heavy (non-hydrogen) atoms. The zero-order valence-corrected chi connectivity index (χ0v) is 18.2. The van der Waals surface area contributed by atoms with E-state index in [2.05, 4.69) is 29.4 Å². The average molecular weight is 407 g/mol. The lowest BCUT2D eigenvalue weighted by molar-refractivity contribution is -0.134. The fraction of sp³-hybridized carbons (Fsp3) is 0.667. The van der Waals surface area contributed by atoms with Crippen molar-refractivity contribution >= 4 is 17.7 Å². The van der Waals surface area contributed by atoms with Gasteiger partial charge in [0, 0.05) is 32.1 Å². The van der Waals surface area contributed by atoms with Crippen molar-refractivity contribution in [3.8, 4) is 0 Å². The minimum Gasteiger partial charge on any atom is -0.469 e. The number of nitrogens with one attached hydrogen (secondary N) is 2. The maximum Gasteiger partial charge on any atom is 0.255 e. The summed E-state index contributed by atoms with van der Waals surface area (Å²) in [6.45, 7) is 8.49. The molecule has 0 atom stereocenters. The number of hydrogen-bond donors (Lipinski definition) is 2. The first-order valence-corrected chi connectivity index (χ1v) is 10.1. The Morgan fingerprint density at radius 1 is 1.21 bits per heavy atom. The van der Waals surface area contributed by atoms with Crippen LogP contribution in [0.25, 0.3) is 0 Å². The highest BCUT2D eigenvalue weighted by atomic mass is 16.3. The molecule has 1 saturated heterocycles. The number of carbonyl (C=O) groups excluding carboxylic acids is 3. The van der Waals surface area contributed by atoms with Gasteiger partial charge in [-0.05, 0) is 45.3 Å². The molecule has 3 amide bonds. The van der Waals surface area contributed by atoms with Gasteiger partial charge in [-0.15, -0.1) is 0 Å². The molecule has 0 aliphatic carbocycles. The summed E-state index contributed by atoms with van der Waals surface area (Å²) in [7, 11) is 4.05. The molecular weight excluding hydrogens is 372 g/mol. The first kappa shape index (κ1) is 22.9. The lowest BCUT2D eigenvalue weighted by atomic mass is 9.91. The molecule has 1 aromatic heterocycles. The Balaban J connectivity index is 1.72. The highest BCUT2D eigenvalue weighted by Crippen LogP contribution is 2.19. The third-order valence-corrected chi connectivity index (χ3v) is 5.21. The van der Waals surface area contributed by atoms with Crippen LogP contribution in [-0.2, 0) is 9.59 Å². The standard InChI is InChI=1S/C21H34N4O4/c1-15-17(8-11-29-15)20(28)22-12-18(26)25-9-6-16(7-10-25)19(27)23-13-21(2,3)14-24(4)5/h8,11,16H,6-7,9-10,12-14H2,1-5H3,(H,22,28)(H,23,27). The topological polar surface area (TPSA) is 94.9 Å². The zero-order valence-electron chi connectivity index (χ0n) is 18.2. The van der Waals surface area contributed by atoms with E-state index in [0.29, 0.717) is 43.8 Å². The minimum atomic E-state index is -0.320. The number of nitrogens with zero attached hydrogens (tertiary/aromatic N) is 2. The molecular formula is C21H34N4O4. The Kier molecular flexibility index (Phi) is 7.84. The predicted octanol–water partition coefficient (Wildman–Crippen LogP) is 1.26. The molecule has 1 aliphatic heterocycles. The first-order valence-electron chi connectivity index (χ1n) is 10.1. The van der Waals surface area contributed by atoms with Crippen molar-refractivity contribution in [2.24, 2.45) is 11.3 Å². The lowest BCUT2D eigenvalue weighted by Gasteiger charge is -2.33. The number of furan rings is 1. The summed E-state index contributed by atoms with van der Waals surface area (Å²) in [5.41, 5.74) is 0.437. The molecule has 8 nitrogen and oxygen atoms in total. The summed E-state index contributed by atoms with van der Waals surface area (Å²) in [6.07, 6.45) is 2.73. The molecule has 1 aromatic rings. The number of carbonyl (C=O) groups is 3. The maximum absolute atomic E-state index is 12.5. The largest absolute Gasteiger partial charge is 0.469 e. The van der Waals surface area contributed by atoms with E-state index in [0.717, 1.165) is 6.54 Å². The van der Waals surface area contributed by atoms with Gasteiger partial charge in [-0.2, -0.15) is 0 Å². The van der Waals surface area contributed by atoms with Gasteiger partial charge >= 0.3 is 0 Å². The fourth-order valence-electron chi connectivity index (χ4n) is 3.76. The molecule has 0 saturated carbocycles. The molecule has 1 aliphatic rings. The third-order valence-electron chi connectivity index (χ3n) is 5.21. The van der Waals surface area contributed by atoms with Crippen LogP contribution in [0.5, 0.6) is 0 Å². The Morgan fingerprint density at radius 3 is 2.41 bits per heavy atom. The van der Waals surface area contributed by atoms with Crippen molar-refractivity contribution in [2.75, 3.05) is 46.8 Å². The highest BCUT2D eigenvalue weighted by molar-refractivity contribution is 5.97. The van der Waals surface area contributed by atoms with Crippen molar-refractivity contribution in [3.63, 3.8) is 0 Å². The van der Waals surface area contributed by atoms with E-state index >= 15 is 0 Å². The Morgan fingerprint density at radius 2 is 1.86 bits per heavy atom. The molecule has 0 bridgehead atoms. The monoisotopic (exact) mass is 406 g/mol. The number of likely N-dealkylation sites (tertiary alicyclic amines) is 1. The number of aryl methyl sites for hydroxylation is 1. The van der Waals surface area contributed by atoms with Gasteiger partial charge in [-0.25, -0.2) is 0 Å². The van der Waals surface area contributed by atoms with Crippen molar-refractivity contribution in [2.45, 2.75) is 33.6 Å². The third kappa shape index (κ3) is 6.88. The second kappa shape index (κ2) is 9.91. The summed E-state index contributed by atoms with van der Waals surface area (Å²) in [5.74, 6) is 0.0604. The van der Waals surface area contributed by atoms with Gasteiger partial charge in [0.2, 0.25) is 11.8 Å². The number of hydrogen-bond acceptors (Lipinski definition) is 5. The molecule has 0 radical (unpaired) electrons. The van der Waals surface area contributed by atoms with Gasteiger partial charge in [-0.3, -0.25) is 14.4 Å². The van der Waals surface area contributed by atoms with Gasteiger partial charge in [0.05, 0.1) is 18.4 Å². The normalized spacial score (nSPS) is 15.4. The summed E-state index contributed by atoms with van der Waals surface area (Å²) in [5, 5.41) is 5.70. The van der Waals surface area contributed by atoms with Crippen LogP contribution in [0.4, 0.5) is 0 Å². The van der Waals surface area contributed by atoms with Crippen molar-refractivity contribution in [3.05, 3.63) is 23.7 Å². The Bertz CT molecular complexity index is 718. The number of piperidine rings is 1. The second-order valence-corrected chi connectivity index (χ2v) is 8.85. The van der Waals surface area contributed by atoms with E-state index in [1.165, 1.54) is 6.26 Å². The van der Waals surface area contributed by atoms with Crippen LogP contribution < -0.4 is 10.6 Å². The van der Waals surface area contributed by atoms with Crippen LogP contribution in [0.1, 0.15) is 42.8 Å². The quantitative estimate of drug-likeness (QED) is 0.678. The van der Waals surface area contributed by atoms with Crippen LogP contribution >= 0.6 is 0 Å². The smallest absolute Gasteiger partial charge is 0.255 e. The number of rotatable bonds is 8. The molecule has 0 aromatic carbocycles. The Hall–Kier alpha value is -2.35. The van der Waals surface area contributed by atoms with E-state index in [1.807, 2.05) is 14.1 Å². The van der Waals surface area contributed by atoms with E-state index < -0.39 is 0 Å². The van der Waals surface area contributed by atoms with E-state index in [-0.39, 0.29) is 35.6 Å². The number of amides is 3. The summed E-state index contributed by atoms with van der Waals surface area (Å²) < 4.78 is 5.11. The van der Waals surface area contributed by atoms with Gasteiger partial charge in [-0.1, -0.05) is 13.8 Å². The molecule has 2 rings (SSSR count). The molecule has 1 fully saturated rings. The van der Waals surface area contributed by atoms with Gasteiger partial charge in [0.15, 0.2) is 0 Å². The molecule has 8 heteroatoms. The van der Waals surface area contributed by atoms with Crippen LogP contribution in [0, 0.1) is 18.3 Å². The van der Waals surface area contributed by atoms with E-state index in [1.54, 1.807) is 17.9 Å². The summed E-state index contributed by atoms with van der Waals surface area (Å²) >= 11 is 0. The van der Waals surface area contributed by atoms with Crippen LogP contribution in [0.15, 0.2) is 16.7 Å². The zero-order chi connectivity index (χ0) is 21.6. The summed E-state index contributed by atoms with van der Waals surface area (Å²) in [6, 6.07) is 1.58. The van der Waals surface area contributed by atoms with Crippen molar-refractivity contribution in [1.29, 1.82) is 0 Å². The molecule has 0 spiro atoms. The molecule has 2 heterocycles. The predicted molar refractivity (Wildman–Crippen MR) is 110 cm³/mol. The summed E-state index contributed by atoms with van der Waals surface area (Å²) in [4.78, 5) is 40.8. The second-order valence-electron chi connectivity index (χ2n) is 8.85. The van der Waals surface area contributed by atoms with Gasteiger partial charge in [0.1, 0.15) is 5.76 Å². The molecule has 2 N–H and O–H groups in total. The maximum atomic E-state index is 12.5. The first-order chi connectivity index (χ1) is 13.6. The average Bonchev–Trinajstić information content (AvgIpc) is 3.09. The van der Waals surface area contributed by atoms with Crippen molar-refractivity contribution in [1.82, 2.24) is 20.4 Å². The van der Waals surface area contributed by atoms with Gasteiger partial charge < -0.3 is 24.9 Å². The van der Waals surface area contributed by atoms with Crippen LogP contribution in [0.3, 0.4) is 0 Å². The Labute approximate surface area is 173 Å². The van der Waals surface area contributed by atoms with Crippen molar-refractivity contribution < 1.29 is 18.8 Å². The van der Waals surface area contributed by atoms with Gasteiger partial charge in [0.25, 0.3) is 5.91 Å². The van der Waals surface area contributed by atoms with E-state index in [4.69, 9.17) is 4.42 Å². The SMILES string of the molecule is Cc1occc1C(=O)NCC(=O)N1CCC(C(=O)NCC(C)(C)CN(C)C)CC1. The minimum absolute atomic E-state index is 0.00136. The van der Waals surface area contributed by atoms with E-state index in [9.17, 15) is 14.4 Å². The molecule has 0 unspecified atom stereocenters. The highest BCUT2D eigenvalue weighted by Gasteiger charge is 2.29. The van der Waals surface area contributed by atoms with Crippen LogP contribution in [0.2, 0.25) is 0 Å².